The number of benzene rings is 1. The highest BCUT2D eigenvalue weighted by Crippen LogP contribution is 2.14. The van der Waals surface area contributed by atoms with Crippen LogP contribution in [0.1, 0.15) is 32.3 Å². The van der Waals surface area contributed by atoms with Crippen molar-refractivity contribution in [2.24, 2.45) is 0 Å². The molecular formula is C15H18O4. The molecule has 4 heteroatoms. The molecule has 1 aromatic carbocycles. The fraction of sp³-hybridized carbons (Fsp3) is 0.333. The quantitative estimate of drug-likeness (QED) is 0.449. The van der Waals surface area contributed by atoms with E-state index < -0.39 is 0 Å². The maximum atomic E-state index is 11.3. The Labute approximate surface area is 113 Å². The van der Waals surface area contributed by atoms with Gasteiger partial charge in [-0.05, 0) is 37.1 Å². The van der Waals surface area contributed by atoms with E-state index in [1.807, 2.05) is 6.92 Å². The Balaban J connectivity index is 2.56. The third-order valence-corrected chi connectivity index (χ3v) is 2.26. The number of carbonyl (C=O) groups excluding carboxylic acids is 2. The summed E-state index contributed by atoms with van der Waals surface area (Å²) in [7, 11) is 0. The van der Waals surface area contributed by atoms with Gasteiger partial charge in [-0.1, -0.05) is 19.1 Å². The lowest BCUT2D eigenvalue weighted by atomic mass is 10.2. The number of ether oxygens (including phenoxy) is 2. The summed E-state index contributed by atoms with van der Waals surface area (Å²) in [6, 6.07) is 6.92. The molecule has 0 saturated heterocycles. The summed E-state index contributed by atoms with van der Waals surface area (Å²) >= 11 is 0. The van der Waals surface area contributed by atoms with E-state index in [-0.39, 0.29) is 11.9 Å². The van der Waals surface area contributed by atoms with Gasteiger partial charge in [0.2, 0.25) is 0 Å². The lowest BCUT2D eigenvalue weighted by molar-refractivity contribution is -0.137. The molecule has 0 heterocycles. The van der Waals surface area contributed by atoms with Crippen LogP contribution in [-0.4, -0.2) is 18.5 Å². The Morgan fingerprint density at radius 2 is 1.84 bits per heavy atom. The molecule has 0 aliphatic rings. The average molecular weight is 262 g/mol. The van der Waals surface area contributed by atoms with Crippen LogP contribution < -0.4 is 4.74 Å². The molecule has 19 heavy (non-hydrogen) atoms. The second kappa shape index (κ2) is 8.08. The monoisotopic (exact) mass is 262 g/mol. The summed E-state index contributed by atoms with van der Waals surface area (Å²) in [4.78, 5) is 22.4. The molecule has 0 atom stereocenters. The van der Waals surface area contributed by atoms with E-state index in [9.17, 15) is 9.59 Å². The summed E-state index contributed by atoms with van der Waals surface area (Å²) < 4.78 is 9.89. The van der Waals surface area contributed by atoms with Gasteiger partial charge in [-0.2, -0.15) is 0 Å². The first-order valence-corrected chi connectivity index (χ1v) is 6.31. The Hall–Kier alpha value is -2.10. The smallest absolute Gasteiger partial charge is 0.330 e. The molecule has 0 unspecified atom stereocenters. The van der Waals surface area contributed by atoms with Crippen molar-refractivity contribution in [3.05, 3.63) is 35.9 Å². The predicted octanol–water partition coefficient (Wildman–Crippen LogP) is 2.97. The number of hydrogen-bond acceptors (Lipinski definition) is 4. The summed E-state index contributed by atoms with van der Waals surface area (Å²) in [5, 5.41) is 0. The van der Waals surface area contributed by atoms with Crippen molar-refractivity contribution in [2.45, 2.75) is 26.7 Å². The lowest BCUT2D eigenvalue weighted by Crippen LogP contribution is -2.06. The lowest BCUT2D eigenvalue weighted by Gasteiger charge is -2.03. The molecule has 4 nitrogen and oxygen atoms in total. The summed E-state index contributed by atoms with van der Waals surface area (Å²) in [6.07, 6.45) is 4.18. The van der Waals surface area contributed by atoms with Crippen molar-refractivity contribution in [1.29, 1.82) is 0 Å². The van der Waals surface area contributed by atoms with Gasteiger partial charge in [0, 0.05) is 12.5 Å². The average Bonchev–Trinajstić information content (AvgIpc) is 2.38. The van der Waals surface area contributed by atoms with Gasteiger partial charge in [0.1, 0.15) is 5.75 Å². The minimum absolute atomic E-state index is 0.239. The van der Waals surface area contributed by atoms with Crippen LogP contribution in [0.15, 0.2) is 30.3 Å². The topological polar surface area (TPSA) is 52.6 Å². The molecule has 0 spiro atoms. The van der Waals surface area contributed by atoms with Crippen LogP contribution >= 0.6 is 0 Å². The summed E-state index contributed by atoms with van der Waals surface area (Å²) in [5.74, 6) is -0.106. The van der Waals surface area contributed by atoms with E-state index in [1.54, 1.807) is 37.3 Å². The number of esters is 2. The van der Waals surface area contributed by atoms with Gasteiger partial charge in [-0.15, -0.1) is 0 Å². The van der Waals surface area contributed by atoms with Crippen LogP contribution in [0.2, 0.25) is 0 Å². The van der Waals surface area contributed by atoms with Gasteiger partial charge in [0.15, 0.2) is 0 Å². The van der Waals surface area contributed by atoms with Gasteiger partial charge < -0.3 is 9.47 Å². The molecule has 1 rings (SSSR count). The van der Waals surface area contributed by atoms with Gasteiger partial charge in [0.25, 0.3) is 0 Å². The molecule has 1 aromatic rings. The molecule has 102 valence electrons. The van der Waals surface area contributed by atoms with Crippen LogP contribution in [0.25, 0.3) is 6.08 Å². The molecule has 0 aromatic heterocycles. The largest absolute Gasteiger partial charge is 0.463 e. The maximum absolute atomic E-state index is 11.3. The zero-order chi connectivity index (χ0) is 14.1. The molecular weight excluding hydrogens is 244 g/mol. The highest BCUT2D eigenvalue weighted by molar-refractivity contribution is 5.87. The van der Waals surface area contributed by atoms with E-state index in [2.05, 4.69) is 0 Å². The first kappa shape index (κ1) is 15.0. The molecule has 0 saturated carbocycles. The third kappa shape index (κ3) is 5.86. The van der Waals surface area contributed by atoms with Crippen molar-refractivity contribution in [1.82, 2.24) is 0 Å². The number of hydrogen-bond donors (Lipinski definition) is 0. The molecule has 0 bridgehead atoms. The van der Waals surface area contributed by atoms with Gasteiger partial charge in [0.05, 0.1) is 6.61 Å². The van der Waals surface area contributed by atoms with E-state index in [0.717, 1.165) is 12.0 Å². The fourth-order valence-electron chi connectivity index (χ4n) is 1.39. The first-order valence-electron chi connectivity index (χ1n) is 6.31. The van der Waals surface area contributed by atoms with Crippen LogP contribution in [-0.2, 0) is 14.3 Å². The van der Waals surface area contributed by atoms with Crippen molar-refractivity contribution in [3.63, 3.8) is 0 Å². The van der Waals surface area contributed by atoms with Crippen LogP contribution in [0.4, 0.5) is 0 Å². The van der Waals surface area contributed by atoms with Crippen molar-refractivity contribution in [3.8, 4) is 5.75 Å². The molecule has 0 aliphatic carbocycles. The molecule has 0 N–H and O–H groups in total. The summed E-state index contributed by atoms with van der Waals surface area (Å²) in [5.41, 5.74) is 0.836. The SMILES string of the molecule is CCCC(=O)Oc1ccc(/C=C/C(=O)OCC)cc1. The zero-order valence-electron chi connectivity index (χ0n) is 11.2. The van der Waals surface area contributed by atoms with E-state index in [0.29, 0.717) is 18.8 Å². The maximum Gasteiger partial charge on any atom is 0.330 e. The zero-order valence-corrected chi connectivity index (χ0v) is 11.2. The van der Waals surface area contributed by atoms with Gasteiger partial charge in [-0.3, -0.25) is 4.79 Å². The molecule has 0 aliphatic heterocycles. The van der Waals surface area contributed by atoms with Gasteiger partial charge in [-0.25, -0.2) is 4.79 Å². The van der Waals surface area contributed by atoms with E-state index >= 15 is 0 Å². The van der Waals surface area contributed by atoms with Crippen LogP contribution in [0.5, 0.6) is 5.75 Å². The normalized spacial score (nSPS) is 10.4. The van der Waals surface area contributed by atoms with Crippen molar-refractivity contribution >= 4 is 18.0 Å². The van der Waals surface area contributed by atoms with Crippen molar-refractivity contribution in [2.75, 3.05) is 6.61 Å². The van der Waals surface area contributed by atoms with Crippen molar-refractivity contribution < 1.29 is 19.1 Å². The molecule has 0 amide bonds. The Morgan fingerprint density at radius 3 is 2.42 bits per heavy atom. The minimum Gasteiger partial charge on any atom is -0.463 e. The minimum atomic E-state index is -0.374. The third-order valence-electron chi connectivity index (χ3n) is 2.26. The molecule has 0 radical (unpaired) electrons. The molecule has 0 fully saturated rings. The second-order valence-corrected chi connectivity index (χ2v) is 3.88. The first-order chi connectivity index (χ1) is 9.15. The van der Waals surface area contributed by atoms with E-state index in [4.69, 9.17) is 9.47 Å². The van der Waals surface area contributed by atoms with Crippen LogP contribution in [0, 0.1) is 0 Å². The Bertz CT molecular complexity index is 446. The standard InChI is InChI=1S/C15H18O4/c1-3-5-15(17)19-13-9-6-12(7-10-13)8-11-14(16)18-4-2/h6-11H,3-5H2,1-2H3/b11-8+. The fourth-order valence-corrected chi connectivity index (χ4v) is 1.39. The number of carbonyl (C=O) groups is 2. The Morgan fingerprint density at radius 1 is 1.16 bits per heavy atom. The number of rotatable bonds is 6. The van der Waals surface area contributed by atoms with E-state index in [1.165, 1.54) is 6.08 Å². The second-order valence-electron chi connectivity index (χ2n) is 3.88. The highest BCUT2D eigenvalue weighted by atomic mass is 16.5. The highest BCUT2D eigenvalue weighted by Gasteiger charge is 2.02. The van der Waals surface area contributed by atoms with Crippen LogP contribution in [0.3, 0.4) is 0 Å². The summed E-state index contributed by atoms with van der Waals surface area (Å²) in [6.45, 7) is 4.03. The van der Waals surface area contributed by atoms with Gasteiger partial charge >= 0.3 is 11.9 Å². The Kier molecular flexibility index (Phi) is 6.36. The predicted molar refractivity (Wildman–Crippen MR) is 72.7 cm³/mol.